The summed E-state index contributed by atoms with van der Waals surface area (Å²) in [5.41, 5.74) is 3.79. The molecule has 1 heterocycles. The standard InChI is InChI=1S/C27H43NO3/c1-18(17-28-12-14-31-15-13-28)23-9-10-24-21(6-5-11-27(23,24)4)7-8-22-16-25(29)20(3)26(30)19(22)2/h7-8,18,20,23-26,29-30H,2,5-6,9-17H2,1,3-4H3/b21-7+,22-8-/t18-,20+,23-,24+,25-,26-,27-/m1/s1. The summed E-state index contributed by atoms with van der Waals surface area (Å²) in [5.74, 6) is 2.03. The molecule has 0 aromatic rings. The van der Waals surface area contributed by atoms with Crippen LogP contribution in [-0.2, 0) is 4.74 Å². The van der Waals surface area contributed by atoms with E-state index in [1.807, 2.05) is 6.92 Å². The molecular weight excluding hydrogens is 386 g/mol. The van der Waals surface area contributed by atoms with E-state index in [1.165, 1.54) is 38.6 Å². The van der Waals surface area contributed by atoms with Crippen LogP contribution >= 0.6 is 0 Å². The molecule has 0 aromatic carbocycles. The number of aliphatic hydroxyl groups is 2. The van der Waals surface area contributed by atoms with Crippen LogP contribution in [0.2, 0.25) is 0 Å². The summed E-state index contributed by atoms with van der Waals surface area (Å²) >= 11 is 0. The third-order valence-corrected chi connectivity index (χ3v) is 9.18. The van der Waals surface area contributed by atoms with E-state index in [2.05, 4.69) is 37.5 Å². The van der Waals surface area contributed by atoms with Crippen LogP contribution in [0.5, 0.6) is 0 Å². The molecule has 4 heteroatoms. The van der Waals surface area contributed by atoms with E-state index in [9.17, 15) is 10.2 Å². The number of hydrogen-bond acceptors (Lipinski definition) is 4. The van der Waals surface area contributed by atoms with Gasteiger partial charge in [0, 0.05) is 25.6 Å². The zero-order valence-electron chi connectivity index (χ0n) is 19.9. The summed E-state index contributed by atoms with van der Waals surface area (Å²) in [7, 11) is 0. The number of aliphatic hydroxyl groups excluding tert-OH is 2. The lowest BCUT2D eigenvalue weighted by atomic mass is 9.61. The minimum absolute atomic E-state index is 0.140. The minimum atomic E-state index is -0.637. The maximum absolute atomic E-state index is 10.4. The number of morpholine rings is 1. The van der Waals surface area contributed by atoms with Crippen molar-refractivity contribution in [1.82, 2.24) is 4.90 Å². The fourth-order valence-corrected chi connectivity index (χ4v) is 7.18. The first-order valence-corrected chi connectivity index (χ1v) is 12.6. The van der Waals surface area contributed by atoms with Crippen LogP contribution in [0.25, 0.3) is 0 Å². The van der Waals surface area contributed by atoms with Crippen molar-refractivity contribution in [2.45, 2.75) is 71.5 Å². The molecule has 1 saturated heterocycles. The molecule has 0 aromatic heterocycles. The van der Waals surface area contributed by atoms with Gasteiger partial charge in [-0.1, -0.05) is 45.1 Å². The molecule has 0 amide bonds. The van der Waals surface area contributed by atoms with Crippen molar-refractivity contribution in [1.29, 1.82) is 0 Å². The first-order chi connectivity index (χ1) is 14.8. The summed E-state index contributed by atoms with van der Waals surface area (Å²) < 4.78 is 5.54. The topological polar surface area (TPSA) is 52.9 Å². The fourth-order valence-electron chi connectivity index (χ4n) is 7.18. The van der Waals surface area contributed by atoms with Crippen LogP contribution in [0.15, 0.2) is 35.5 Å². The van der Waals surface area contributed by atoms with Crippen LogP contribution in [-0.4, -0.2) is 60.2 Å². The van der Waals surface area contributed by atoms with Crippen molar-refractivity contribution >= 4 is 0 Å². The lowest BCUT2D eigenvalue weighted by molar-refractivity contribution is 0.0154. The normalized spacial score (nSPS) is 43.4. The zero-order valence-corrected chi connectivity index (χ0v) is 19.9. The van der Waals surface area contributed by atoms with E-state index < -0.39 is 12.2 Å². The first kappa shape index (κ1) is 23.2. The molecule has 3 aliphatic carbocycles. The maximum Gasteiger partial charge on any atom is 0.0837 e. The van der Waals surface area contributed by atoms with Gasteiger partial charge in [0.2, 0.25) is 0 Å². The van der Waals surface area contributed by atoms with Gasteiger partial charge in [-0.25, -0.2) is 0 Å². The van der Waals surface area contributed by atoms with Gasteiger partial charge in [-0.15, -0.1) is 0 Å². The fraction of sp³-hybridized carbons (Fsp3) is 0.778. The van der Waals surface area contributed by atoms with Gasteiger partial charge in [0.25, 0.3) is 0 Å². The Kier molecular flexibility index (Phi) is 7.12. The van der Waals surface area contributed by atoms with Crippen LogP contribution in [0.4, 0.5) is 0 Å². The Hall–Kier alpha value is -0.940. The summed E-state index contributed by atoms with van der Waals surface area (Å²) in [6.07, 6.45) is 10.4. The third-order valence-electron chi connectivity index (χ3n) is 9.18. The Morgan fingerprint density at radius 2 is 1.97 bits per heavy atom. The smallest absolute Gasteiger partial charge is 0.0837 e. The minimum Gasteiger partial charge on any atom is -0.392 e. The van der Waals surface area contributed by atoms with E-state index >= 15 is 0 Å². The second-order valence-corrected chi connectivity index (χ2v) is 11.0. The lowest BCUT2D eigenvalue weighted by Crippen LogP contribution is -2.43. The molecule has 0 bridgehead atoms. The van der Waals surface area contributed by atoms with Gasteiger partial charge >= 0.3 is 0 Å². The van der Waals surface area contributed by atoms with Crippen molar-refractivity contribution in [3.05, 3.63) is 35.5 Å². The van der Waals surface area contributed by atoms with E-state index in [-0.39, 0.29) is 5.92 Å². The van der Waals surface area contributed by atoms with Gasteiger partial charge in [-0.2, -0.15) is 0 Å². The monoisotopic (exact) mass is 429 g/mol. The Morgan fingerprint density at radius 1 is 1.23 bits per heavy atom. The number of fused-ring (bicyclic) bond motifs is 1. The molecule has 174 valence electrons. The number of nitrogens with zero attached hydrogens (tertiary/aromatic N) is 1. The molecule has 4 aliphatic rings. The average Bonchev–Trinajstić information content (AvgIpc) is 3.12. The summed E-state index contributed by atoms with van der Waals surface area (Å²) in [6, 6.07) is 0. The lowest BCUT2D eigenvalue weighted by Gasteiger charge is -2.45. The maximum atomic E-state index is 10.4. The highest BCUT2D eigenvalue weighted by atomic mass is 16.5. The first-order valence-electron chi connectivity index (χ1n) is 12.6. The van der Waals surface area contributed by atoms with Gasteiger partial charge in [0.1, 0.15) is 0 Å². The molecule has 7 atom stereocenters. The molecule has 0 unspecified atom stereocenters. The highest BCUT2D eigenvalue weighted by Crippen LogP contribution is 2.59. The SMILES string of the molecule is C=C1/C(=C\C=C2/CCC[C@]3(C)[C@@H]([C@H](C)CN4CCOCC4)CC[C@@H]23)C[C@@H](O)[C@H](C)[C@@H]1O. The van der Waals surface area contributed by atoms with Crippen LogP contribution in [0.1, 0.15) is 59.3 Å². The molecule has 31 heavy (non-hydrogen) atoms. The second-order valence-electron chi connectivity index (χ2n) is 11.0. The van der Waals surface area contributed by atoms with Gasteiger partial charge in [0.15, 0.2) is 0 Å². The molecule has 1 aliphatic heterocycles. The van der Waals surface area contributed by atoms with Crippen LogP contribution < -0.4 is 0 Å². The summed E-state index contributed by atoms with van der Waals surface area (Å²) in [6.45, 7) is 16.2. The van der Waals surface area contributed by atoms with Crippen molar-refractivity contribution in [2.24, 2.45) is 29.1 Å². The van der Waals surface area contributed by atoms with Crippen LogP contribution in [0, 0.1) is 29.1 Å². The second kappa shape index (κ2) is 9.51. The summed E-state index contributed by atoms with van der Waals surface area (Å²) in [4.78, 5) is 2.60. The van der Waals surface area contributed by atoms with Crippen molar-refractivity contribution < 1.29 is 14.9 Å². The predicted molar refractivity (Wildman–Crippen MR) is 126 cm³/mol. The van der Waals surface area contributed by atoms with Crippen molar-refractivity contribution in [3.63, 3.8) is 0 Å². The summed E-state index contributed by atoms with van der Waals surface area (Å²) in [5, 5.41) is 20.7. The molecular formula is C27H43NO3. The van der Waals surface area contributed by atoms with Gasteiger partial charge in [-0.05, 0) is 72.8 Å². The van der Waals surface area contributed by atoms with E-state index in [1.54, 1.807) is 5.57 Å². The molecule has 3 saturated carbocycles. The number of hydrogen-bond donors (Lipinski definition) is 2. The molecule has 2 N–H and O–H groups in total. The number of rotatable bonds is 4. The van der Waals surface area contributed by atoms with Crippen LogP contribution in [0.3, 0.4) is 0 Å². The third kappa shape index (κ3) is 4.59. The average molecular weight is 430 g/mol. The van der Waals surface area contributed by atoms with E-state index in [4.69, 9.17) is 4.74 Å². The molecule has 4 fully saturated rings. The molecule has 4 nitrogen and oxygen atoms in total. The van der Waals surface area contributed by atoms with E-state index in [0.717, 1.165) is 49.3 Å². The Bertz CT molecular complexity index is 722. The molecule has 4 rings (SSSR count). The Labute approximate surface area is 189 Å². The number of allylic oxidation sites excluding steroid dienone is 3. The van der Waals surface area contributed by atoms with E-state index in [0.29, 0.717) is 17.8 Å². The largest absolute Gasteiger partial charge is 0.392 e. The Morgan fingerprint density at radius 3 is 2.71 bits per heavy atom. The van der Waals surface area contributed by atoms with Gasteiger partial charge < -0.3 is 14.9 Å². The molecule has 0 radical (unpaired) electrons. The van der Waals surface area contributed by atoms with Crippen molar-refractivity contribution in [3.8, 4) is 0 Å². The van der Waals surface area contributed by atoms with Gasteiger partial charge in [-0.3, -0.25) is 4.90 Å². The highest BCUT2D eigenvalue weighted by Gasteiger charge is 2.50. The van der Waals surface area contributed by atoms with Crippen molar-refractivity contribution in [2.75, 3.05) is 32.8 Å². The highest BCUT2D eigenvalue weighted by molar-refractivity contribution is 5.39. The zero-order chi connectivity index (χ0) is 22.2. The van der Waals surface area contributed by atoms with Gasteiger partial charge in [0.05, 0.1) is 25.4 Å². The predicted octanol–water partition coefficient (Wildman–Crippen LogP) is 4.34. The molecule has 0 spiro atoms. The number of ether oxygens (including phenoxy) is 1. The quantitative estimate of drug-likeness (QED) is 0.698. The Balaban J connectivity index is 1.47.